The lowest BCUT2D eigenvalue weighted by Crippen LogP contribution is -2.15. The van der Waals surface area contributed by atoms with E-state index in [9.17, 15) is 0 Å². The molecule has 0 aromatic heterocycles. The van der Waals surface area contributed by atoms with Crippen molar-refractivity contribution in [3.05, 3.63) is 24.8 Å². The van der Waals surface area contributed by atoms with Gasteiger partial charge in [0.05, 0.1) is 0 Å². The number of allylic oxidation sites excluding steroid dienone is 3. The molecule has 0 N–H and O–H groups in total. The summed E-state index contributed by atoms with van der Waals surface area (Å²) in [6, 6.07) is 0. The van der Waals surface area contributed by atoms with E-state index in [1.54, 1.807) is 6.08 Å². The predicted octanol–water partition coefficient (Wildman–Crippen LogP) is 8.50. The van der Waals surface area contributed by atoms with E-state index < -0.39 is 0 Å². The second-order valence-corrected chi connectivity index (χ2v) is 6.38. The molecule has 0 saturated heterocycles. The van der Waals surface area contributed by atoms with Gasteiger partial charge in [-0.25, -0.2) is 0 Å². The van der Waals surface area contributed by atoms with Crippen LogP contribution in [0.2, 0.25) is 0 Å². The molecule has 2 aliphatic carbocycles. The molecule has 2 unspecified atom stereocenters. The Labute approximate surface area is 161 Å². The first-order valence-electron chi connectivity index (χ1n) is 9.47. The van der Waals surface area contributed by atoms with Gasteiger partial charge in [0.25, 0.3) is 0 Å². The lowest BCUT2D eigenvalue weighted by atomic mass is 9.90. The molecule has 0 heterocycles. The number of thiol groups is 1. The molecule has 0 aromatic carbocycles. The fourth-order valence-electron chi connectivity index (χ4n) is 2.49. The summed E-state index contributed by atoms with van der Waals surface area (Å²) in [5, 5.41) is 0.698. The second-order valence-electron chi connectivity index (χ2n) is 5.71. The van der Waals surface area contributed by atoms with E-state index in [4.69, 9.17) is 0 Å². The van der Waals surface area contributed by atoms with E-state index in [1.807, 2.05) is 32.9 Å². The zero-order valence-electron chi connectivity index (χ0n) is 16.3. The van der Waals surface area contributed by atoms with Crippen LogP contribution in [0.3, 0.4) is 0 Å². The van der Waals surface area contributed by atoms with Gasteiger partial charge in [-0.05, 0) is 25.7 Å². The molecule has 2 rings (SSSR count). The molecule has 2 fully saturated rings. The highest BCUT2D eigenvalue weighted by atomic mass is 32.1. The summed E-state index contributed by atoms with van der Waals surface area (Å²) >= 11 is 4.46. The van der Waals surface area contributed by atoms with Crippen molar-refractivity contribution in [1.82, 2.24) is 0 Å². The van der Waals surface area contributed by atoms with Crippen LogP contribution >= 0.6 is 12.6 Å². The Kier molecular flexibility index (Phi) is 39.4. The monoisotopic (exact) mass is 354 g/mol. The summed E-state index contributed by atoms with van der Waals surface area (Å²) in [7, 11) is 0. The van der Waals surface area contributed by atoms with Gasteiger partial charge in [-0.2, -0.15) is 12.6 Å². The Balaban J connectivity index is -0.000000113. The van der Waals surface area contributed by atoms with E-state index >= 15 is 0 Å². The number of hydrogen-bond acceptors (Lipinski definition) is 1. The summed E-state index contributed by atoms with van der Waals surface area (Å²) in [6.45, 7) is 11.7. The Morgan fingerprint density at radius 2 is 1.25 bits per heavy atom. The largest absolute Gasteiger partial charge is 0.176 e. The Hall–Kier alpha value is -0.610. The summed E-state index contributed by atoms with van der Waals surface area (Å²) in [6.07, 6.45) is 28.1. The van der Waals surface area contributed by atoms with Gasteiger partial charge in [-0.1, -0.05) is 104 Å². The zero-order valence-corrected chi connectivity index (χ0v) is 17.2. The summed E-state index contributed by atoms with van der Waals surface area (Å²) < 4.78 is 0. The van der Waals surface area contributed by atoms with Crippen LogP contribution in [0.1, 0.15) is 99.3 Å². The van der Waals surface area contributed by atoms with Crippen molar-refractivity contribution in [3.8, 4) is 12.8 Å². The van der Waals surface area contributed by atoms with Crippen LogP contribution in [0.5, 0.6) is 0 Å². The van der Waals surface area contributed by atoms with E-state index in [0.29, 0.717) is 5.25 Å². The average Bonchev–Trinajstić information content (AvgIpc) is 2.64. The Morgan fingerprint density at radius 3 is 1.42 bits per heavy atom. The van der Waals surface area contributed by atoms with Gasteiger partial charge in [0, 0.05) is 5.25 Å². The highest BCUT2D eigenvalue weighted by Crippen LogP contribution is 2.27. The number of hydrogen-bond donors (Lipinski definition) is 1. The van der Waals surface area contributed by atoms with E-state index in [1.165, 1.54) is 64.2 Å². The highest BCUT2D eigenvalue weighted by Gasteiger charge is 2.16. The SMILES string of the molecule is C.C#C.C1CCCCC1.C=C/C=C/C.CC.CC1CCCCC1S. The molecular weight excluding hydrogens is 308 g/mol. The molecule has 0 radical (unpaired) electrons. The molecule has 144 valence electrons. The summed E-state index contributed by atoms with van der Waals surface area (Å²) in [4.78, 5) is 0. The topological polar surface area (TPSA) is 0 Å². The minimum Gasteiger partial charge on any atom is -0.176 e. The number of terminal acetylenes is 1. The van der Waals surface area contributed by atoms with Crippen LogP contribution in [-0.4, -0.2) is 5.25 Å². The lowest BCUT2D eigenvalue weighted by molar-refractivity contribution is 0.399. The first kappa shape index (κ1) is 31.2. The smallest absolute Gasteiger partial charge is 0.00424 e. The van der Waals surface area contributed by atoms with Gasteiger partial charge < -0.3 is 0 Å². The van der Waals surface area contributed by atoms with Crippen molar-refractivity contribution < 1.29 is 0 Å². The highest BCUT2D eigenvalue weighted by molar-refractivity contribution is 7.81. The zero-order chi connectivity index (χ0) is 18.3. The lowest BCUT2D eigenvalue weighted by Gasteiger charge is -2.23. The van der Waals surface area contributed by atoms with Crippen LogP contribution in [-0.2, 0) is 0 Å². The standard InChI is InChI=1S/C7H14S.C6H12.C5H8.C2H6.C2H2.CH4/c1-6-4-2-3-5-7(6)8;1-2-4-6-5-3-1;1-3-5-4-2;2*1-2;/h6-8H,2-5H2,1H3;1-6H2;3-5H,1H2,2H3;1-2H3;1-2H;1H4/b;;5-4+;;;. The van der Waals surface area contributed by atoms with Crippen LogP contribution in [0.25, 0.3) is 0 Å². The molecule has 24 heavy (non-hydrogen) atoms. The molecule has 0 nitrogen and oxygen atoms in total. The van der Waals surface area contributed by atoms with Crippen LogP contribution in [0.15, 0.2) is 24.8 Å². The van der Waals surface area contributed by atoms with Gasteiger partial charge in [-0.15, -0.1) is 12.8 Å². The molecule has 0 spiro atoms. The maximum Gasteiger partial charge on any atom is 0.00424 e. The molecule has 1 heteroatoms. The minimum absolute atomic E-state index is 0. The molecule has 2 aliphatic rings. The van der Waals surface area contributed by atoms with E-state index in [0.717, 1.165) is 5.92 Å². The fraction of sp³-hybridized carbons (Fsp3) is 0.739. The third kappa shape index (κ3) is 26.3. The van der Waals surface area contributed by atoms with Crippen LogP contribution < -0.4 is 0 Å². The molecular formula is C23H46S. The van der Waals surface area contributed by atoms with Crippen molar-refractivity contribution in [2.24, 2.45) is 5.92 Å². The van der Waals surface area contributed by atoms with Crippen molar-refractivity contribution in [2.75, 3.05) is 0 Å². The molecule has 0 amide bonds. The van der Waals surface area contributed by atoms with Crippen LogP contribution in [0, 0.1) is 18.8 Å². The van der Waals surface area contributed by atoms with Crippen molar-refractivity contribution in [1.29, 1.82) is 0 Å². The summed E-state index contributed by atoms with van der Waals surface area (Å²) in [5.41, 5.74) is 0. The van der Waals surface area contributed by atoms with E-state index in [2.05, 4.69) is 39.0 Å². The third-order valence-electron chi connectivity index (χ3n) is 3.89. The molecule has 0 bridgehead atoms. The average molecular weight is 355 g/mol. The van der Waals surface area contributed by atoms with Gasteiger partial charge in [0.2, 0.25) is 0 Å². The van der Waals surface area contributed by atoms with Crippen LogP contribution in [0.4, 0.5) is 0 Å². The minimum atomic E-state index is 0. The number of rotatable bonds is 1. The first-order chi connectivity index (χ1) is 11.2. The van der Waals surface area contributed by atoms with Gasteiger partial charge in [0.15, 0.2) is 0 Å². The van der Waals surface area contributed by atoms with Gasteiger partial charge in [0.1, 0.15) is 0 Å². The molecule has 2 atom stereocenters. The fourth-order valence-corrected chi connectivity index (χ4v) is 2.83. The van der Waals surface area contributed by atoms with Gasteiger partial charge in [-0.3, -0.25) is 0 Å². The predicted molar refractivity (Wildman–Crippen MR) is 121 cm³/mol. The normalized spacial score (nSPS) is 21.5. The van der Waals surface area contributed by atoms with Crippen molar-refractivity contribution in [3.63, 3.8) is 0 Å². The Bertz CT molecular complexity index is 226. The molecule has 0 aromatic rings. The van der Waals surface area contributed by atoms with Crippen molar-refractivity contribution >= 4 is 12.6 Å². The first-order valence-corrected chi connectivity index (χ1v) is 9.99. The summed E-state index contributed by atoms with van der Waals surface area (Å²) in [5.74, 6) is 0.868. The van der Waals surface area contributed by atoms with Crippen molar-refractivity contribution in [2.45, 2.75) is 105 Å². The van der Waals surface area contributed by atoms with Gasteiger partial charge >= 0.3 is 0 Å². The quantitative estimate of drug-likeness (QED) is 0.272. The Morgan fingerprint density at radius 1 is 0.875 bits per heavy atom. The van der Waals surface area contributed by atoms with E-state index in [-0.39, 0.29) is 7.43 Å². The molecule has 0 aliphatic heterocycles. The second kappa shape index (κ2) is 30.3. The third-order valence-corrected chi connectivity index (χ3v) is 4.66. The molecule has 2 saturated carbocycles. The maximum atomic E-state index is 4.46. The maximum absolute atomic E-state index is 4.46.